The highest BCUT2D eigenvalue weighted by atomic mass is 16.2. The molecule has 0 aromatic rings. The molecule has 0 heterocycles. The number of nitrogens with zero attached hydrogens (tertiary/aromatic N) is 2. The molecule has 4 nitrogen and oxygen atoms in total. The minimum atomic E-state index is -0.0236. The van der Waals surface area contributed by atoms with Crippen molar-refractivity contribution in [3.8, 4) is 0 Å². The monoisotopic (exact) mass is 262 g/mol. The van der Waals surface area contributed by atoms with Crippen molar-refractivity contribution < 1.29 is 9.59 Å². The SMILES string of the molecule is CC1=C(C)C2CC1C(C(=O)N(C)C)=C2C(=O)N(C)C. The molecule has 2 aliphatic carbocycles. The van der Waals surface area contributed by atoms with Crippen molar-refractivity contribution in [2.75, 3.05) is 28.2 Å². The fourth-order valence-electron chi connectivity index (χ4n) is 3.19. The van der Waals surface area contributed by atoms with Gasteiger partial charge in [0.1, 0.15) is 0 Å². The first-order valence-electron chi connectivity index (χ1n) is 6.62. The lowest BCUT2D eigenvalue weighted by Gasteiger charge is -2.25. The lowest BCUT2D eigenvalue weighted by atomic mass is 9.86. The van der Waals surface area contributed by atoms with Gasteiger partial charge in [0, 0.05) is 51.2 Å². The van der Waals surface area contributed by atoms with E-state index in [0.29, 0.717) is 0 Å². The molecule has 0 aliphatic heterocycles. The van der Waals surface area contributed by atoms with Gasteiger partial charge in [-0.05, 0) is 20.3 Å². The third kappa shape index (κ3) is 1.90. The second kappa shape index (κ2) is 4.51. The summed E-state index contributed by atoms with van der Waals surface area (Å²) < 4.78 is 0. The van der Waals surface area contributed by atoms with E-state index in [0.717, 1.165) is 17.6 Å². The Morgan fingerprint density at radius 3 is 1.42 bits per heavy atom. The van der Waals surface area contributed by atoms with Gasteiger partial charge in [0.15, 0.2) is 0 Å². The maximum absolute atomic E-state index is 12.4. The number of rotatable bonds is 2. The highest BCUT2D eigenvalue weighted by Gasteiger charge is 2.47. The molecule has 0 radical (unpaired) electrons. The minimum absolute atomic E-state index is 0.0236. The number of likely N-dealkylation sites (N-methyl/N-ethyl adjacent to an activating group) is 2. The number of carbonyl (C=O) groups excluding carboxylic acids is 2. The van der Waals surface area contributed by atoms with Crippen molar-refractivity contribution in [1.82, 2.24) is 9.80 Å². The number of hydrogen-bond donors (Lipinski definition) is 0. The first-order chi connectivity index (χ1) is 8.77. The molecule has 19 heavy (non-hydrogen) atoms. The van der Waals surface area contributed by atoms with E-state index in [2.05, 4.69) is 13.8 Å². The van der Waals surface area contributed by atoms with Crippen LogP contribution in [0.2, 0.25) is 0 Å². The molecule has 0 aromatic carbocycles. The zero-order valence-corrected chi connectivity index (χ0v) is 12.6. The third-order valence-corrected chi connectivity index (χ3v) is 4.40. The molecular formula is C15H22N2O2. The van der Waals surface area contributed by atoms with Crippen molar-refractivity contribution in [2.24, 2.45) is 11.8 Å². The van der Waals surface area contributed by atoms with E-state index < -0.39 is 0 Å². The highest BCUT2D eigenvalue weighted by Crippen LogP contribution is 2.52. The molecule has 0 fully saturated rings. The van der Waals surface area contributed by atoms with Crippen LogP contribution in [0.3, 0.4) is 0 Å². The zero-order valence-electron chi connectivity index (χ0n) is 12.6. The number of amides is 2. The summed E-state index contributed by atoms with van der Waals surface area (Å²) in [5.41, 5.74) is 3.98. The summed E-state index contributed by atoms with van der Waals surface area (Å²) in [5.74, 6) is 0.228. The predicted molar refractivity (Wildman–Crippen MR) is 74.4 cm³/mol. The van der Waals surface area contributed by atoms with E-state index in [1.54, 1.807) is 38.0 Å². The molecule has 2 unspecified atom stereocenters. The van der Waals surface area contributed by atoms with E-state index >= 15 is 0 Å². The van der Waals surface area contributed by atoms with Crippen LogP contribution >= 0.6 is 0 Å². The van der Waals surface area contributed by atoms with E-state index in [-0.39, 0.29) is 23.7 Å². The van der Waals surface area contributed by atoms with Crippen molar-refractivity contribution >= 4 is 11.8 Å². The summed E-state index contributed by atoms with van der Waals surface area (Å²) in [7, 11) is 6.96. The quantitative estimate of drug-likeness (QED) is 0.707. The average molecular weight is 262 g/mol. The maximum atomic E-state index is 12.4. The summed E-state index contributed by atoms with van der Waals surface area (Å²) in [4.78, 5) is 27.9. The van der Waals surface area contributed by atoms with Crippen LogP contribution < -0.4 is 0 Å². The normalized spacial score (nSPS) is 25.2. The molecule has 104 valence electrons. The van der Waals surface area contributed by atoms with Crippen molar-refractivity contribution in [1.29, 1.82) is 0 Å². The van der Waals surface area contributed by atoms with Crippen LogP contribution in [0.25, 0.3) is 0 Å². The highest BCUT2D eigenvalue weighted by molar-refractivity contribution is 6.07. The summed E-state index contributed by atoms with van der Waals surface area (Å²) in [6.45, 7) is 4.17. The Labute approximate surface area is 114 Å². The molecule has 0 aromatic heterocycles. The Kier molecular flexibility index (Phi) is 3.29. The second-order valence-corrected chi connectivity index (χ2v) is 5.93. The van der Waals surface area contributed by atoms with Gasteiger partial charge in [0.05, 0.1) is 0 Å². The topological polar surface area (TPSA) is 40.6 Å². The molecule has 2 bridgehead atoms. The molecule has 0 saturated carbocycles. The molecule has 0 spiro atoms. The number of allylic oxidation sites excluding steroid dienone is 2. The summed E-state index contributed by atoms with van der Waals surface area (Å²) in [6.07, 6.45) is 0.890. The Bertz CT molecular complexity index is 468. The van der Waals surface area contributed by atoms with Crippen LogP contribution in [0.4, 0.5) is 0 Å². The Balaban J connectivity index is 2.52. The van der Waals surface area contributed by atoms with Gasteiger partial charge in [-0.25, -0.2) is 0 Å². The van der Waals surface area contributed by atoms with E-state index in [9.17, 15) is 9.59 Å². The average Bonchev–Trinajstić information content (AvgIpc) is 2.85. The fraction of sp³-hybridized carbons (Fsp3) is 0.600. The van der Waals surface area contributed by atoms with Gasteiger partial charge in [0.2, 0.25) is 11.8 Å². The van der Waals surface area contributed by atoms with Gasteiger partial charge in [-0.1, -0.05) is 11.1 Å². The summed E-state index contributed by atoms with van der Waals surface area (Å²) in [6, 6.07) is 0. The largest absolute Gasteiger partial charge is 0.345 e. The van der Waals surface area contributed by atoms with E-state index in [4.69, 9.17) is 0 Å². The molecule has 2 amide bonds. The lowest BCUT2D eigenvalue weighted by Crippen LogP contribution is -2.32. The summed E-state index contributed by atoms with van der Waals surface area (Å²) in [5, 5.41) is 0. The number of carbonyl (C=O) groups is 2. The smallest absolute Gasteiger partial charge is 0.250 e. The van der Waals surface area contributed by atoms with E-state index in [1.807, 2.05) is 0 Å². The van der Waals surface area contributed by atoms with Crippen LogP contribution in [-0.2, 0) is 9.59 Å². The zero-order chi connectivity index (χ0) is 14.5. The molecule has 4 heteroatoms. The molecule has 0 N–H and O–H groups in total. The fourth-order valence-corrected chi connectivity index (χ4v) is 3.19. The van der Waals surface area contributed by atoms with Crippen molar-refractivity contribution in [2.45, 2.75) is 20.3 Å². The maximum Gasteiger partial charge on any atom is 0.250 e. The van der Waals surface area contributed by atoms with Crippen LogP contribution in [0.5, 0.6) is 0 Å². The van der Waals surface area contributed by atoms with Crippen molar-refractivity contribution in [3.05, 3.63) is 22.3 Å². The Hall–Kier alpha value is -1.58. The van der Waals surface area contributed by atoms with Crippen LogP contribution in [0.15, 0.2) is 22.3 Å². The second-order valence-electron chi connectivity index (χ2n) is 5.93. The summed E-state index contributed by atoms with van der Waals surface area (Å²) >= 11 is 0. The van der Waals surface area contributed by atoms with Gasteiger partial charge in [-0.15, -0.1) is 0 Å². The van der Waals surface area contributed by atoms with Crippen LogP contribution in [0, 0.1) is 11.8 Å². The van der Waals surface area contributed by atoms with Crippen LogP contribution in [0.1, 0.15) is 20.3 Å². The van der Waals surface area contributed by atoms with Gasteiger partial charge in [0.25, 0.3) is 0 Å². The van der Waals surface area contributed by atoms with Crippen LogP contribution in [-0.4, -0.2) is 49.8 Å². The molecule has 2 atom stereocenters. The van der Waals surface area contributed by atoms with Gasteiger partial charge < -0.3 is 9.80 Å². The van der Waals surface area contributed by atoms with Gasteiger partial charge >= 0.3 is 0 Å². The Morgan fingerprint density at radius 2 is 1.16 bits per heavy atom. The molecule has 0 saturated heterocycles. The van der Waals surface area contributed by atoms with Crippen molar-refractivity contribution in [3.63, 3.8) is 0 Å². The van der Waals surface area contributed by atoms with E-state index in [1.165, 1.54) is 11.1 Å². The predicted octanol–water partition coefficient (Wildman–Crippen LogP) is 1.45. The Morgan fingerprint density at radius 1 is 0.842 bits per heavy atom. The molecule has 2 rings (SSSR count). The third-order valence-electron chi connectivity index (χ3n) is 4.40. The lowest BCUT2D eigenvalue weighted by molar-refractivity contribution is -0.127. The van der Waals surface area contributed by atoms with Gasteiger partial charge in [-0.2, -0.15) is 0 Å². The first-order valence-corrected chi connectivity index (χ1v) is 6.62. The first kappa shape index (κ1) is 13.8. The standard InChI is InChI=1S/C15H22N2O2/c1-8-9(2)11-7-10(8)12(14(18)16(3)4)13(11)15(19)17(5)6/h10-11H,7H2,1-6H3. The van der Waals surface area contributed by atoms with Gasteiger partial charge in [-0.3, -0.25) is 9.59 Å². The number of hydrogen-bond acceptors (Lipinski definition) is 2. The molecular weight excluding hydrogens is 240 g/mol. The molecule has 2 aliphatic rings. The number of fused-ring (bicyclic) bond motifs is 2. The minimum Gasteiger partial charge on any atom is -0.345 e.